The number of benzene rings is 1. The zero-order valence-electron chi connectivity index (χ0n) is 12.6. The molecular formula is C17H21N3O. The molecule has 1 aliphatic heterocycles. The van der Waals surface area contributed by atoms with E-state index in [1.807, 2.05) is 41.4 Å². The predicted octanol–water partition coefficient (Wildman–Crippen LogP) is 2.99. The Labute approximate surface area is 125 Å². The number of rotatable bonds is 2. The summed E-state index contributed by atoms with van der Waals surface area (Å²) in [6, 6.07) is 9.55. The minimum atomic E-state index is 0.139. The van der Waals surface area contributed by atoms with Crippen LogP contribution >= 0.6 is 0 Å². The highest BCUT2D eigenvalue weighted by Gasteiger charge is 2.25. The van der Waals surface area contributed by atoms with Crippen LogP contribution < -0.4 is 0 Å². The van der Waals surface area contributed by atoms with Crippen LogP contribution in [0, 0.1) is 11.8 Å². The molecule has 1 saturated heterocycles. The van der Waals surface area contributed by atoms with Gasteiger partial charge in [-0.05, 0) is 48.6 Å². The molecule has 21 heavy (non-hydrogen) atoms. The van der Waals surface area contributed by atoms with Crippen molar-refractivity contribution < 1.29 is 4.79 Å². The molecule has 2 atom stereocenters. The molecule has 4 nitrogen and oxygen atoms in total. The van der Waals surface area contributed by atoms with Crippen molar-refractivity contribution in [2.24, 2.45) is 11.8 Å². The number of hydrogen-bond acceptors (Lipinski definition) is 2. The summed E-state index contributed by atoms with van der Waals surface area (Å²) in [6.45, 7) is 6.17. The topological polar surface area (TPSA) is 38.1 Å². The van der Waals surface area contributed by atoms with Gasteiger partial charge >= 0.3 is 0 Å². The minimum Gasteiger partial charge on any atom is -0.338 e. The van der Waals surface area contributed by atoms with Crippen LogP contribution in [0.1, 0.15) is 30.6 Å². The molecule has 1 aromatic heterocycles. The van der Waals surface area contributed by atoms with Crippen LogP contribution in [0.2, 0.25) is 0 Å². The van der Waals surface area contributed by atoms with Gasteiger partial charge in [-0.15, -0.1) is 0 Å². The molecule has 0 aliphatic carbocycles. The first kappa shape index (κ1) is 13.9. The summed E-state index contributed by atoms with van der Waals surface area (Å²) >= 11 is 0. The molecule has 0 saturated carbocycles. The Morgan fingerprint density at radius 3 is 2.38 bits per heavy atom. The molecule has 4 heteroatoms. The maximum atomic E-state index is 12.6. The molecule has 1 aromatic carbocycles. The lowest BCUT2D eigenvalue weighted by molar-refractivity contribution is 0.0623. The van der Waals surface area contributed by atoms with Gasteiger partial charge in [-0.3, -0.25) is 4.79 Å². The number of carbonyl (C=O) groups excluding carboxylic acids is 1. The maximum Gasteiger partial charge on any atom is 0.253 e. The van der Waals surface area contributed by atoms with Crippen molar-refractivity contribution >= 4 is 5.91 Å². The molecule has 0 bridgehead atoms. The summed E-state index contributed by atoms with van der Waals surface area (Å²) in [6.07, 6.45) is 4.85. The zero-order valence-corrected chi connectivity index (χ0v) is 12.6. The van der Waals surface area contributed by atoms with Gasteiger partial charge in [0.25, 0.3) is 5.91 Å². The van der Waals surface area contributed by atoms with Crippen LogP contribution in [0.15, 0.2) is 42.7 Å². The maximum absolute atomic E-state index is 12.6. The average molecular weight is 283 g/mol. The fraction of sp³-hybridized carbons (Fsp3) is 0.412. The fourth-order valence-electron chi connectivity index (χ4n) is 3.19. The van der Waals surface area contributed by atoms with Gasteiger partial charge in [-0.2, -0.15) is 5.10 Å². The second-order valence-corrected chi connectivity index (χ2v) is 6.15. The lowest BCUT2D eigenvalue weighted by Crippen LogP contribution is -2.42. The molecule has 3 rings (SSSR count). The van der Waals surface area contributed by atoms with Crippen LogP contribution in [0.25, 0.3) is 5.69 Å². The van der Waals surface area contributed by atoms with E-state index in [4.69, 9.17) is 0 Å². The molecule has 1 amide bonds. The molecule has 0 unspecified atom stereocenters. The van der Waals surface area contributed by atoms with Crippen LogP contribution in [-0.4, -0.2) is 33.7 Å². The van der Waals surface area contributed by atoms with Crippen LogP contribution in [0.3, 0.4) is 0 Å². The molecular weight excluding hydrogens is 262 g/mol. The number of aromatic nitrogens is 2. The van der Waals surface area contributed by atoms with E-state index in [-0.39, 0.29) is 5.91 Å². The van der Waals surface area contributed by atoms with Gasteiger partial charge in [-0.25, -0.2) is 4.68 Å². The molecule has 0 spiro atoms. The van der Waals surface area contributed by atoms with E-state index < -0.39 is 0 Å². The first-order valence-electron chi connectivity index (χ1n) is 7.53. The van der Waals surface area contributed by atoms with Crippen molar-refractivity contribution in [3.63, 3.8) is 0 Å². The molecule has 110 valence electrons. The van der Waals surface area contributed by atoms with Crippen molar-refractivity contribution in [2.45, 2.75) is 20.3 Å². The van der Waals surface area contributed by atoms with Crippen molar-refractivity contribution in [3.8, 4) is 5.69 Å². The van der Waals surface area contributed by atoms with Crippen molar-refractivity contribution in [1.29, 1.82) is 0 Å². The molecule has 0 N–H and O–H groups in total. The zero-order chi connectivity index (χ0) is 14.8. The average Bonchev–Trinajstić information content (AvgIpc) is 3.00. The summed E-state index contributed by atoms with van der Waals surface area (Å²) in [5.41, 5.74) is 1.73. The van der Waals surface area contributed by atoms with Gasteiger partial charge in [0.2, 0.25) is 0 Å². The fourth-order valence-corrected chi connectivity index (χ4v) is 3.19. The standard InChI is InChI=1S/C17H21N3O/c1-13-10-14(2)12-19(11-13)17(21)15-4-6-16(7-5-15)20-9-3-8-18-20/h3-9,13-14H,10-12H2,1-2H3/t13-,14+. The van der Waals surface area contributed by atoms with Crippen LogP contribution in [-0.2, 0) is 0 Å². The predicted molar refractivity (Wildman–Crippen MR) is 82.4 cm³/mol. The molecule has 2 aromatic rings. The van der Waals surface area contributed by atoms with Gasteiger partial charge in [0.15, 0.2) is 0 Å². The monoisotopic (exact) mass is 283 g/mol. The Morgan fingerprint density at radius 1 is 1.14 bits per heavy atom. The number of amides is 1. The summed E-state index contributed by atoms with van der Waals surface area (Å²) < 4.78 is 1.79. The highest BCUT2D eigenvalue weighted by atomic mass is 16.2. The summed E-state index contributed by atoms with van der Waals surface area (Å²) in [7, 11) is 0. The SMILES string of the molecule is C[C@@H]1C[C@H](C)CN(C(=O)c2ccc(-n3cccn3)cc2)C1. The third-order valence-corrected chi connectivity index (χ3v) is 4.04. The van der Waals surface area contributed by atoms with Crippen LogP contribution in [0.5, 0.6) is 0 Å². The second kappa shape index (κ2) is 5.72. The normalized spacial score (nSPS) is 22.3. The van der Waals surface area contributed by atoms with Gasteiger partial charge in [0.05, 0.1) is 5.69 Å². The Morgan fingerprint density at radius 2 is 1.81 bits per heavy atom. The highest BCUT2D eigenvalue weighted by molar-refractivity contribution is 5.94. The van der Waals surface area contributed by atoms with Crippen molar-refractivity contribution in [2.75, 3.05) is 13.1 Å². The number of piperidine rings is 1. The molecule has 0 radical (unpaired) electrons. The van der Waals surface area contributed by atoms with E-state index in [9.17, 15) is 4.79 Å². The van der Waals surface area contributed by atoms with E-state index in [0.29, 0.717) is 11.8 Å². The number of likely N-dealkylation sites (tertiary alicyclic amines) is 1. The molecule has 1 fully saturated rings. The molecule has 1 aliphatic rings. The molecule has 2 heterocycles. The van der Waals surface area contributed by atoms with Gasteiger partial charge in [0.1, 0.15) is 0 Å². The highest BCUT2D eigenvalue weighted by Crippen LogP contribution is 2.22. The van der Waals surface area contributed by atoms with Gasteiger partial charge < -0.3 is 4.90 Å². The Kier molecular flexibility index (Phi) is 3.78. The lowest BCUT2D eigenvalue weighted by atomic mass is 9.91. The summed E-state index contributed by atoms with van der Waals surface area (Å²) in [5, 5.41) is 4.19. The lowest BCUT2D eigenvalue weighted by Gasteiger charge is -2.35. The van der Waals surface area contributed by atoms with E-state index in [1.54, 1.807) is 10.9 Å². The van der Waals surface area contributed by atoms with E-state index in [1.165, 1.54) is 6.42 Å². The summed E-state index contributed by atoms with van der Waals surface area (Å²) in [4.78, 5) is 14.6. The number of nitrogens with zero attached hydrogens (tertiary/aromatic N) is 3. The number of carbonyl (C=O) groups is 1. The second-order valence-electron chi connectivity index (χ2n) is 6.15. The Hall–Kier alpha value is -2.10. The number of hydrogen-bond donors (Lipinski definition) is 0. The Bertz CT molecular complexity index is 593. The van der Waals surface area contributed by atoms with Gasteiger partial charge in [0, 0.05) is 31.0 Å². The third-order valence-electron chi connectivity index (χ3n) is 4.04. The minimum absolute atomic E-state index is 0.139. The van der Waals surface area contributed by atoms with E-state index in [2.05, 4.69) is 18.9 Å². The third kappa shape index (κ3) is 2.99. The first-order chi connectivity index (χ1) is 10.1. The Balaban J connectivity index is 1.76. The van der Waals surface area contributed by atoms with Crippen molar-refractivity contribution in [1.82, 2.24) is 14.7 Å². The summed E-state index contributed by atoms with van der Waals surface area (Å²) in [5.74, 6) is 1.31. The van der Waals surface area contributed by atoms with E-state index >= 15 is 0 Å². The van der Waals surface area contributed by atoms with Crippen molar-refractivity contribution in [3.05, 3.63) is 48.3 Å². The van der Waals surface area contributed by atoms with E-state index in [0.717, 1.165) is 24.3 Å². The largest absolute Gasteiger partial charge is 0.338 e. The quantitative estimate of drug-likeness (QED) is 0.850. The van der Waals surface area contributed by atoms with Crippen LogP contribution in [0.4, 0.5) is 0 Å². The van der Waals surface area contributed by atoms with Gasteiger partial charge in [-0.1, -0.05) is 13.8 Å². The first-order valence-corrected chi connectivity index (χ1v) is 7.53. The smallest absolute Gasteiger partial charge is 0.253 e.